The lowest BCUT2D eigenvalue weighted by Crippen LogP contribution is -1.89. The average molecular weight is 190 g/mol. The molecule has 1 rings (SSSR count). The number of halogens is 2. The molecule has 0 bridgehead atoms. The molecule has 0 aliphatic heterocycles. The van der Waals surface area contributed by atoms with E-state index in [4.69, 9.17) is 11.6 Å². The molecule has 0 heterocycles. The highest BCUT2D eigenvalue weighted by Crippen LogP contribution is 2.24. The predicted molar refractivity (Wildman–Crippen MR) is 42.8 cm³/mol. The third-order valence-corrected chi connectivity index (χ3v) is 1.58. The van der Waals surface area contributed by atoms with Gasteiger partial charge < -0.3 is 0 Å². The Kier molecular flexibility index (Phi) is 2.60. The molecule has 1 atom stereocenters. The van der Waals surface area contributed by atoms with Crippen LogP contribution in [0.3, 0.4) is 0 Å². The number of alkyl halides is 2. The van der Waals surface area contributed by atoms with Crippen molar-refractivity contribution in [3.63, 3.8) is 0 Å². The predicted octanol–water partition coefficient (Wildman–Crippen LogP) is 2.80. The second kappa shape index (κ2) is 3.49. The summed E-state index contributed by atoms with van der Waals surface area (Å²) in [5, 5.41) is 10.2. The van der Waals surface area contributed by atoms with Crippen LogP contribution in [0.4, 0.5) is 10.1 Å². The third kappa shape index (κ3) is 1.92. The number of nitrogens with zero attached hydrogens (tertiary/aromatic N) is 1. The first-order valence-electron chi connectivity index (χ1n) is 3.14. The summed E-state index contributed by atoms with van der Waals surface area (Å²) in [4.78, 5) is 9.62. The van der Waals surface area contributed by atoms with E-state index in [9.17, 15) is 14.5 Å². The summed E-state index contributed by atoms with van der Waals surface area (Å²) in [6.07, 6.45) is 0. The van der Waals surface area contributed by atoms with E-state index in [2.05, 4.69) is 0 Å². The van der Waals surface area contributed by atoms with E-state index in [1.807, 2.05) is 0 Å². The lowest BCUT2D eigenvalue weighted by molar-refractivity contribution is -0.384. The van der Waals surface area contributed by atoms with Crippen molar-refractivity contribution < 1.29 is 9.31 Å². The molecule has 0 aliphatic rings. The summed E-state index contributed by atoms with van der Waals surface area (Å²) < 4.78 is 12.4. The topological polar surface area (TPSA) is 43.1 Å². The monoisotopic (exact) mass is 189 g/mol. The van der Waals surface area contributed by atoms with Gasteiger partial charge in [-0.05, 0) is 0 Å². The van der Waals surface area contributed by atoms with Gasteiger partial charge in [0.05, 0.1) is 4.92 Å². The van der Waals surface area contributed by atoms with Crippen LogP contribution >= 0.6 is 11.6 Å². The van der Waals surface area contributed by atoms with Crippen LogP contribution in [0.1, 0.15) is 11.2 Å². The Labute approximate surface area is 72.9 Å². The van der Waals surface area contributed by atoms with Gasteiger partial charge in [-0.1, -0.05) is 23.7 Å². The van der Waals surface area contributed by atoms with Crippen molar-refractivity contribution in [2.45, 2.75) is 5.63 Å². The molecule has 0 fully saturated rings. The molecule has 1 aromatic carbocycles. The summed E-state index contributed by atoms with van der Waals surface area (Å²) in [7, 11) is 0. The zero-order valence-electron chi connectivity index (χ0n) is 5.91. The molecular weight excluding hydrogens is 185 g/mol. The van der Waals surface area contributed by atoms with Crippen molar-refractivity contribution >= 4 is 17.3 Å². The number of benzene rings is 1. The van der Waals surface area contributed by atoms with Crippen molar-refractivity contribution in [1.29, 1.82) is 0 Å². The Balaban J connectivity index is 3.04. The first kappa shape index (κ1) is 8.93. The van der Waals surface area contributed by atoms with Gasteiger partial charge in [-0.15, -0.1) is 0 Å². The first-order chi connectivity index (χ1) is 5.61. The highest BCUT2D eigenvalue weighted by Gasteiger charge is 2.10. The van der Waals surface area contributed by atoms with Gasteiger partial charge in [0, 0.05) is 17.7 Å². The third-order valence-electron chi connectivity index (χ3n) is 1.33. The molecule has 12 heavy (non-hydrogen) atoms. The molecule has 5 heteroatoms. The molecule has 0 N–H and O–H groups in total. The SMILES string of the molecule is O=[N+]([O-])c1cccc(C(F)Cl)c1. The molecule has 0 radical (unpaired) electrons. The fraction of sp³-hybridized carbons (Fsp3) is 0.143. The van der Waals surface area contributed by atoms with Crippen molar-refractivity contribution in [3.8, 4) is 0 Å². The van der Waals surface area contributed by atoms with E-state index in [0.29, 0.717) is 0 Å². The van der Waals surface area contributed by atoms with Crippen LogP contribution in [-0.4, -0.2) is 4.92 Å². The Bertz CT molecular complexity index is 303. The van der Waals surface area contributed by atoms with Gasteiger partial charge >= 0.3 is 0 Å². The number of nitro groups is 1. The van der Waals surface area contributed by atoms with Crippen LogP contribution in [0.2, 0.25) is 0 Å². The van der Waals surface area contributed by atoms with Crippen LogP contribution in [-0.2, 0) is 0 Å². The summed E-state index contributed by atoms with van der Waals surface area (Å²) >= 11 is 5.09. The second-order valence-corrected chi connectivity index (χ2v) is 2.54. The van der Waals surface area contributed by atoms with E-state index < -0.39 is 10.6 Å². The highest BCUT2D eigenvalue weighted by molar-refractivity contribution is 6.19. The van der Waals surface area contributed by atoms with Gasteiger partial charge in [0.25, 0.3) is 5.69 Å². The van der Waals surface area contributed by atoms with E-state index in [-0.39, 0.29) is 11.3 Å². The molecule has 1 aromatic rings. The lowest BCUT2D eigenvalue weighted by Gasteiger charge is -1.98. The number of non-ortho nitro benzene ring substituents is 1. The van der Waals surface area contributed by atoms with Crippen molar-refractivity contribution in [1.82, 2.24) is 0 Å². The quantitative estimate of drug-likeness (QED) is 0.408. The van der Waals surface area contributed by atoms with E-state index in [0.717, 1.165) is 6.07 Å². The van der Waals surface area contributed by atoms with Crippen LogP contribution in [0.5, 0.6) is 0 Å². The minimum Gasteiger partial charge on any atom is -0.258 e. The van der Waals surface area contributed by atoms with Crippen LogP contribution in [0.15, 0.2) is 24.3 Å². The Morgan fingerprint density at radius 3 is 2.75 bits per heavy atom. The van der Waals surface area contributed by atoms with Crippen LogP contribution < -0.4 is 0 Å². The second-order valence-electron chi connectivity index (χ2n) is 2.15. The summed E-state index contributed by atoms with van der Waals surface area (Å²) in [5.41, 5.74) is -1.74. The van der Waals surface area contributed by atoms with Crippen molar-refractivity contribution in [3.05, 3.63) is 39.9 Å². The maximum Gasteiger partial charge on any atom is 0.269 e. The molecular formula is C7H5ClFNO2. The van der Waals surface area contributed by atoms with Crippen LogP contribution in [0, 0.1) is 10.1 Å². The molecule has 1 unspecified atom stereocenters. The maximum atomic E-state index is 12.4. The molecule has 0 saturated heterocycles. The largest absolute Gasteiger partial charge is 0.269 e. The summed E-state index contributed by atoms with van der Waals surface area (Å²) in [6.45, 7) is 0. The minimum absolute atomic E-state index is 0.103. The lowest BCUT2D eigenvalue weighted by atomic mass is 10.2. The Morgan fingerprint density at radius 2 is 2.25 bits per heavy atom. The van der Waals surface area contributed by atoms with Gasteiger partial charge in [-0.25, -0.2) is 4.39 Å². The molecule has 0 saturated carbocycles. The van der Waals surface area contributed by atoms with Crippen LogP contribution in [0.25, 0.3) is 0 Å². The van der Waals surface area contributed by atoms with Gasteiger partial charge in [-0.3, -0.25) is 10.1 Å². The van der Waals surface area contributed by atoms with Crippen molar-refractivity contribution in [2.75, 3.05) is 0 Å². The normalized spacial score (nSPS) is 12.5. The number of rotatable bonds is 2. The average Bonchev–Trinajstić information content (AvgIpc) is 2.04. The van der Waals surface area contributed by atoms with Gasteiger partial charge in [0.1, 0.15) is 0 Å². The minimum atomic E-state index is -1.69. The fourth-order valence-corrected chi connectivity index (χ4v) is 0.910. The van der Waals surface area contributed by atoms with Gasteiger partial charge in [0.2, 0.25) is 0 Å². The molecule has 0 amide bonds. The zero-order chi connectivity index (χ0) is 9.14. The molecule has 0 aromatic heterocycles. The maximum absolute atomic E-state index is 12.4. The molecule has 64 valence electrons. The molecule has 0 spiro atoms. The zero-order valence-corrected chi connectivity index (χ0v) is 6.66. The van der Waals surface area contributed by atoms with Gasteiger partial charge in [-0.2, -0.15) is 0 Å². The summed E-state index contributed by atoms with van der Waals surface area (Å²) in [5.74, 6) is 0. The number of hydrogen-bond donors (Lipinski definition) is 0. The number of hydrogen-bond acceptors (Lipinski definition) is 2. The standard InChI is InChI=1S/C7H5ClFNO2/c8-7(9)5-2-1-3-6(4-5)10(11)12/h1-4,7H. The molecule has 0 aliphatic carbocycles. The van der Waals surface area contributed by atoms with E-state index in [1.54, 1.807) is 0 Å². The van der Waals surface area contributed by atoms with Gasteiger partial charge in [0.15, 0.2) is 5.63 Å². The van der Waals surface area contributed by atoms with E-state index in [1.165, 1.54) is 18.2 Å². The van der Waals surface area contributed by atoms with Crippen molar-refractivity contribution in [2.24, 2.45) is 0 Å². The summed E-state index contributed by atoms with van der Waals surface area (Å²) in [6, 6.07) is 5.17. The Morgan fingerprint density at radius 1 is 1.58 bits per heavy atom. The fourth-order valence-electron chi connectivity index (χ4n) is 0.774. The molecule has 3 nitrogen and oxygen atoms in total. The van der Waals surface area contributed by atoms with E-state index >= 15 is 0 Å². The Hall–Kier alpha value is -1.16. The smallest absolute Gasteiger partial charge is 0.258 e. The number of nitro benzene ring substituents is 1. The highest BCUT2D eigenvalue weighted by atomic mass is 35.5. The first-order valence-corrected chi connectivity index (χ1v) is 3.57.